The van der Waals surface area contributed by atoms with Crippen molar-refractivity contribution in [1.82, 2.24) is 0 Å². The number of halogens is 1. The highest BCUT2D eigenvalue weighted by Gasteiger charge is 2.25. The minimum Gasteiger partial charge on any atom is -0.504 e. The Hall–Kier alpha value is -3.72. The van der Waals surface area contributed by atoms with Crippen molar-refractivity contribution in [2.45, 2.75) is 84.6 Å². The van der Waals surface area contributed by atoms with Gasteiger partial charge >= 0.3 is 0 Å². The Morgan fingerprint density at radius 2 is 1.36 bits per heavy atom. The standard InChI is InChI=1S/C38H42ClNO3S/c1-11-44-31-17-14-28(38(8,9)10)19-26(31)21-40(29-15-12-27(13-16-29)37(5,6)7)30-20-25(18-22(2)33(30)39)32-23(3)24(4)34(41)36(43)35(32)42/h1,12-20,41-43H,21H2,2-10H3. The van der Waals surface area contributed by atoms with Crippen LogP contribution in [-0.2, 0) is 17.4 Å². The van der Waals surface area contributed by atoms with Crippen molar-refractivity contribution in [2.75, 3.05) is 4.90 Å². The molecule has 0 saturated heterocycles. The van der Waals surface area contributed by atoms with Crippen LogP contribution in [0.1, 0.15) is 74.9 Å². The van der Waals surface area contributed by atoms with Crippen LogP contribution in [0.2, 0.25) is 5.02 Å². The lowest BCUT2D eigenvalue weighted by atomic mass is 9.86. The van der Waals surface area contributed by atoms with Crippen molar-refractivity contribution in [3.05, 3.63) is 93.0 Å². The molecule has 4 aromatic carbocycles. The quantitative estimate of drug-likeness (QED) is 0.113. The van der Waals surface area contributed by atoms with Gasteiger partial charge < -0.3 is 20.2 Å². The minimum atomic E-state index is -0.540. The van der Waals surface area contributed by atoms with Crippen LogP contribution in [0.4, 0.5) is 11.4 Å². The van der Waals surface area contributed by atoms with Crippen LogP contribution >= 0.6 is 23.4 Å². The van der Waals surface area contributed by atoms with E-state index < -0.39 is 5.75 Å². The molecule has 0 amide bonds. The van der Waals surface area contributed by atoms with E-state index in [4.69, 9.17) is 18.0 Å². The van der Waals surface area contributed by atoms with Crippen LogP contribution in [0.25, 0.3) is 11.1 Å². The third kappa shape index (κ3) is 6.53. The van der Waals surface area contributed by atoms with E-state index in [-0.39, 0.29) is 22.3 Å². The van der Waals surface area contributed by atoms with Gasteiger partial charge in [0.05, 0.1) is 10.7 Å². The molecule has 3 N–H and O–H groups in total. The van der Waals surface area contributed by atoms with Crippen LogP contribution in [0.5, 0.6) is 17.2 Å². The molecule has 0 aliphatic carbocycles. The maximum Gasteiger partial charge on any atom is 0.201 e. The lowest BCUT2D eigenvalue weighted by molar-refractivity contribution is 0.366. The van der Waals surface area contributed by atoms with E-state index in [1.807, 2.05) is 26.0 Å². The highest BCUT2D eigenvalue weighted by molar-refractivity contribution is 8.04. The van der Waals surface area contributed by atoms with Crippen molar-refractivity contribution in [3.8, 4) is 40.1 Å². The summed E-state index contributed by atoms with van der Waals surface area (Å²) < 4.78 is 0. The topological polar surface area (TPSA) is 63.9 Å². The van der Waals surface area contributed by atoms with Crippen molar-refractivity contribution < 1.29 is 15.3 Å². The van der Waals surface area contributed by atoms with Gasteiger partial charge in [0.1, 0.15) is 0 Å². The maximum absolute atomic E-state index is 11.0. The highest BCUT2D eigenvalue weighted by atomic mass is 35.5. The Kier molecular flexibility index (Phi) is 9.31. The molecule has 4 rings (SSSR count). The number of phenols is 3. The monoisotopic (exact) mass is 627 g/mol. The molecule has 0 fully saturated rings. The first kappa shape index (κ1) is 33.2. The summed E-state index contributed by atoms with van der Waals surface area (Å²) >= 11 is 8.47. The van der Waals surface area contributed by atoms with E-state index in [0.717, 1.165) is 27.4 Å². The van der Waals surface area contributed by atoms with Gasteiger partial charge in [-0.3, -0.25) is 0 Å². The maximum atomic E-state index is 11.0. The van der Waals surface area contributed by atoms with Gasteiger partial charge in [-0.25, -0.2) is 0 Å². The van der Waals surface area contributed by atoms with Crippen molar-refractivity contribution >= 4 is 34.7 Å². The summed E-state index contributed by atoms with van der Waals surface area (Å²) in [4.78, 5) is 3.17. The summed E-state index contributed by atoms with van der Waals surface area (Å²) in [5, 5.41) is 35.2. The molecule has 0 aliphatic heterocycles. The van der Waals surface area contributed by atoms with Crippen molar-refractivity contribution in [1.29, 1.82) is 0 Å². The number of aromatic hydroxyl groups is 3. The van der Waals surface area contributed by atoms with Crippen molar-refractivity contribution in [2.24, 2.45) is 0 Å². The second-order valence-electron chi connectivity index (χ2n) is 13.5. The second-order valence-corrected chi connectivity index (χ2v) is 14.7. The smallest absolute Gasteiger partial charge is 0.201 e. The lowest BCUT2D eigenvalue weighted by Crippen LogP contribution is -2.20. The van der Waals surface area contributed by atoms with Gasteiger partial charge in [-0.1, -0.05) is 77.4 Å². The number of hydrogen-bond acceptors (Lipinski definition) is 5. The first-order valence-electron chi connectivity index (χ1n) is 14.6. The van der Waals surface area contributed by atoms with E-state index in [1.54, 1.807) is 6.92 Å². The number of thioether (sulfide) groups is 1. The third-order valence-electron chi connectivity index (χ3n) is 8.26. The Balaban J connectivity index is 2.00. The number of terminal acetylenes is 1. The van der Waals surface area contributed by atoms with E-state index >= 15 is 0 Å². The predicted molar refractivity (Wildman–Crippen MR) is 187 cm³/mol. The second kappa shape index (κ2) is 12.3. The number of hydrogen-bond donors (Lipinski definition) is 3. The SMILES string of the molecule is C#CSc1ccc(C(C)(C)C)cc1CN(c1ccc(C(C)(C)C)cc1)c1cc(-c2c(C)c(C)c(O)c(O)c2O)cc(C)c1Cl. The van der Waals surface area contributed by atoms with E-state index in [1.165, 1.54) is 22.9 Å². The van der Waals surface area contributed by atoms with Crippen LogP contribution < -0.4 is 4.90 Å². The van der Waals surface area contributed by atoms with Gasteiger partial charge in [0, 0.05) is 22.7 Å². The number of anilines is 2. The molecule has 0 saturated carbocycles. The third-order valence-corrected chi connectivity index (χ3v) is 9.49. The molecule has 0 radical (unpaired) electrons. The molecule has 6 heteroatoms. The molecule has 0 atom stereocenters. The Labute approximate surface area is 271 Å². The van der Waals surface area contributed by atoms with Gasteiger partial charge in [0.25, 0.3) is 0 Å². The van der Waals surface area contributed by atoms with Crippen LogP contribution in [-0.4, -0.2) is 15.3 Å². The van der Waals surface area contributed by atoms with Crippen LogP contribution in [0.15, 0.2) is 59.5 Å². The zero-order chi connectivity index (χ0) is 32.7. The van der Waals surface area contributed by atoms with Gasteiger partial charge in [-0.15, -0.1) is 6.42 Å². The summed E-state index contributed by atoms with van der Waals surface area (Å²) in [6.07, 6.45) is 5.77. The average Bonchev–Trinajstić information content (AvgIpc) is 2.95. The van der Waals surface area contributed by atoms with Crippen LogP contribution in [0, 0.1) is 32.4 Å². The highest BCUT2D eigenvalue weighted by Crippen LogP contribution is 2.49. The molecule has 0 unspecified atom stereocenters. The summed E-state index contributed by atoms with van der Waals surface area (Å²) in [6.45, 7) is 19.1. The fraction of sp³-hybridized carbons (Fsp3) is 0.316. The molecule has 44 heavy (non-hydrogen) atoms. The van der Waals surface area contributed by atoms with Gasteiger partial charge in [0.15, 0.2) is 11.5 Å². The molecule has 0 aromatic heterocycles. The summed E-state index contributed by atoms with van der Waals surface area (Å²) in [6, 6.07) is 18.8. The lowest BCUT2D eigenvalue weighted by Gasteiger charge is -2.30. The first-order chi connectivity index (χ1) is 20.4. The summed E-state index contributed by atoms with van der Waals surface area (Å²) in [5.74, 6) is -1.24. The number of phenolic OH excluding ortho intramolecular Hbond substituents is 3. The van der Waals surface area contributed by atoms with E-state index in [9.17, 15) is 15.3 Å². The Morgan fingerprint density at radius 1 is 0.773 bits per heavy atom. The molecular weight excluding hydrogens is 586 g/mol. The zero-order valence-electron chi connectivity index (χ0n) is 27.1. The average molecular weight is 628 g/mol. The van der Waals surface area contributed by atoms with Crippen molar-refractivity contribution in [3.63, 3.8) is 0 Å². The largest absolute Gasteiger partial charge is 0.504 e. The minimum absolute atomic E-state index is 0.0110. The fourth-order valence-electron chi connectivity index (χ4n) is 5.36. The Bertz CT molecular complexity index is 1730. The molecule has 4 nitrogen and oxygen atoms in total. The predicted octanol–water partition coefficient (Wildman–Crippen LogP) is 10.7. The van der Waals surface area contributed by atoms with E-state index in [0.29, 0.717) is 33.8 Å². The van der Waals surface area contributed by atoms with Gasteiger partial charge in [-0.2, -0.15) is 0 Å². The molecule has 230 valence electrons. The number of nitrogens with zero attached hydrogens (tertiary/aromatic N) is 1. The van der Waals surface area contributed by atoms with E-state index in [2.05, 4.69) is 94.2 Å². The fourth-order valence-corrected chi connectivity index (χ4v) is 6.08. The summed E-state index contributed by atoms with van der Waals surface area (Å²) in [7, 11) is 0. The Morgan fingerprint density at radius 3 is 1.93 bits per heavy atom. The first-order valence-corrected chi connectivity index (χ1v) is 15.8. The van der Waals surface area contributed by atoms with Gasteiger partial charge in [-0.05, 0) is 118 Å². The molecule has 0 aliphatic rings. The zero-order valence-corrected chi connectivity index (χ0v) is 28.6. The summed E-state index contributed by atoms with van der Waals surface area (Å²) in [5.41, 5.74) is 8.18. The molecule has 0 spiro atoms. The number of benzene rings is 4. The number of rotatable bonds is 6. The number of aryl methyl sites for hydroxylation is 1. The van der Waals surface area contributed by atoms with Crippen LogP contribution in [0.3, 0.4) is 0 Å². The molecule has 0 heterocycles. The molecule has 0 bridgehead atoms. The molecule has 4 aromatic rings. The molecular formula is C38H42ClNO3S. The van der Waals surface area contributed by atoms with Gasteiger partial charge in [0.2, 0.25) is 5.75 Å². The normalized spacial score (nSPS) is 11.8.